The zero-order valence-electron chi connectivity index (χ0n) is 10.8. The summed E-state index contributed by atoms with van der Waals surface area (Å²) >= 11 is 0. The van der Waals surface area contributed by atoms with Gasteiger partial charge in [-0.25, -0.2) is 4.39 Å². The van der Waals surface area contributed by atoms with Gasteiger partial charge < -0.3 is 10.4 Å². The predicted molar refractivity (Wildman–Crippen MR) is 75.6 cm³/mol. The van der Waals surface area contributed by atoms with E-state index in [1.165, 1.54) is 11.6 Å². The Morgan fingerprint density at radius 1 is 1.05 bits per heavy atom. The van der Waals surface area contributed by atoms with Gasteiger partial charge in [0, 0.05) is 24.4 Å². The molecule has 0 radical (unpaired) electrons. The molecular formula is C16H18FNO. The lowest BCUT2D eigenvalue weighted by molar-refractivity contribution is 0.288. The molecule has 0 heterocycles. The summed E-state index contributed by atoms with van der Waals surface area (Å²) in [5.74, 6) is -0.188. The topological polar surface area (TPSA) is 32.3 Å². The van der Waals surface area contributed by atoms with Crippen LogP contribution >= 0.6 is 0 Å². The summed E-state index contributed by atoms with van der Waals surface area (Å²) in [7, 11) is 0. The summed E-state index contributed by atoms with van der Waals surface area (Å²) in [5.41, 5.74) is 2.80. The zero-order valence-corrected chi connectivity index (χ0v) is 10.8. The molecule has 2 nitrogen and oxygen atoms in total. The quantitative estimate of drug-likeness (QED) is 0.833. The highest BCUT2D eigenvalue weighted by atomic mass is 19.1. The van der Waals surface area contributed by atoms with Crippen molar-refractivity contribution in [2.45, 2.75) is 19.4 Å². The second-order valence-corrected chi connectivity index (χ2v) is 4.47. The van der Waals surface area contributed by atoms with Crippen molar-refractivity contribution in [3.63, 3.8) is 0 Å². The number of hydrogen-bond donors (Lipinski definition) is 2. The normalized spacial score (nSPS) is 10.4. The van der Waals surface area contributed by atoms with E-state index in [0.29, 0.717) is 12.1 Å². The monoisotopic (exact) mass is 259 g/mol. The highest BCUT2D eigenvalue weighted by Gasteiger charge is 2.01. The minimum absolute atomic E-state index is 0.188. The molecule has 3 heteroatoms. The lowest BCUT2D eigenvalue weighted by Gasteiger charge is -2.09. The predicted octanol–water partition coefficient (Wildman–Crippen LogP) is 3.36. The molecule has 0 saturated carbocycles. The van der Waals surface area contributed by atoms with Crippen LogP contribution in [0.4, 0.5) is 10.1 Å². The molecule has 0 bridgehead atoms. The number of aryl methyl sites for hydroxylation is 1. The maximum atomic E-state index is 13.5. The Balaban J connectivity index is 1.98. The molecule has 100 valence electrons. The molecule has 2 aromatic carbocycles. The SMILES string of the molecule is OCCCc1cccc(NCc2ccccc2F)c1. The number of benzene rings is 2. The van der Waals surface area contributed by atoms with E-state index in [9.17, 15) is 4.39 Å². The van der Waals surface area contributed by atoms with E-state index in [2.05, 4.69) is 5.32 Å². The van der Waals surface area contributed by atoms with Crippen LogP contribution < -0.4 is 5.32 Å². The Morgan fingerprint density at radius 3 is 2.68 bits per heavy atom. The van der Waals surface area contributed by atoms with E-state index in [1.807, 2.05) is 30.3 Å². The van der Waals surface area contributed by atoms with Gasteiger partial charge in [-0.15, -0.1) is 0 Å². The van der Waals surface area contributed by atoms with Crippen molar-refractivity contribution in [2.75, 3.05) is 11.9 Å². The molecule has 0 amide bonds. The molecule has 2 rings (SSSR count). The Bertz CT molecular complexity index is 528. The lowest BCUT2D eigenvalue weighted by Crippen LogP contribution is -2.02. The van der Waals surface area contributed by atoms with Crippen molar-refractivity contribution in [2.24, 2.45) is 0 Å². The van der Waals surface area contributed by atoms with Gasteiger partial charge in [0.15, 0.2) is 0 Å². The average molecular weight is 259 g/mol. The summed E-state index contributed by atoms with van der Waals surface area (Å²) in [6.07, 6.45) is 1.61. The third-order valence-corrected chi connectivity index (χ3v) is 2.99. The van der Waals surface area contributed by atoms with E-state index in [-0.39, 0.29) is 12.4 Å². The van der Waals surface area contributed by atoms with Crippen molar-refractivity contribution >= 4 is 5.69 Å². The number of aliphatic hydroxyl groups is 1. The average Bonchev–Trinajstić information content (AvgIpc) is 2.45. The molecule has 2 aromatic rings. The number of anilines is 1. The van der Waals surface area contributed by atoms with E-state index >= 15 is 0 Å². The van der Waals surface area contributed by atoms with Crippen LogP contribution in [0.25, 0.3) is 0 Å². The van der Waals surface area contributed by atoms with Crippen molar-refractivity contribution in [1.29, 1.82) is 0 Å². The van der Waals surface area contributed by atoms with Crippen molar-refractivity contribution < 1.29 is 9.50 Å². The minimum atomic E-state index is -0.188. The molecule has 0 aliphatic rings. The van der Waals surface area contributed by atoms with Crippen LogP contribution in [0.15, 0.2) is 48.5 Å². The van der Waals surface area contributed by atoms with E-state index in [1.54, 1.807) is 12.1 Å². The Labute approximate surface area is 112 Å². The van der Waals surface area contributed by atoms with Gasteiger partial charge >= 0.3 is 0 Å². The molecule has 19 heavy (non-hydrogen) atoms. The van der Waals surface area contributed by atoms with Crippen molar-refractivity contribution in [3.8, 4) is 0 Å². The van der Waals surface area contributed by atoms with Crippen LogP contribution in [0.2, 0.25) is 0 Å². The third-order valence-electron chi connectivity index (χ3n) is 2.99. The third kappa shape index (κ3) is 4.07. The maximum Gasteiger partial charge on any atom is 0.128 e. The van der Waals surface area contributed by atoms with Gasteiger partial charge in [-0.3, -0.25) is 0 Å². The number of halogens is 1. The first kappa shape index (κ1) is 13.6. The smallest absolute Gasteiger partial charge is 0.128 e. The largest absolute Gasteiger partial charge is 0.396 e. The first-order chi connectivity index (χ1) is 9.29. The van der Waals surface area contributed by atoms with Gasteiger partial charge in [0.2, 0.25) is 0 Å². The molecule has 0 unspecified atom stereocenters. The molecule has 0 atom stereocenters. The van der Waals surface area contributed by atoms with Gasteiger partial charge in [0.1, 0.15) is 5.82 Å². The second kappa shape index (κ2) is 6.90. The standard InChI is InChI=1S/C16H18FNO/c17-16-9-2-1-7-14(16)12-18-15-8-3-5-13(11-15)6-4-10-19/h1-3,5,7-9,11,18-19H,4,6,10,12H2. The fraction of sp³-hybridized carbons (Fsp3) is 0.250. The first-order valence-corrected chi connectivity index (χ1v) is 6.46. The fourth-order valence-corrected chi connectivity index (χ4v) is 1.96. The van der Waals surface area contributed by atoms with Gasteiger partial charge in [-0.2, -0.15) is 0 Å². The molecule has 0 spiro atoms. The molecule has 0 aliphatic carbocycles. The van der Waals surface area contributed by atoms with Crippen LogP contribution in [0.5, 0.6) is 0 Å². The van der Waals surface area contributed by atoms with Crippen LogP contribution in [-0.4, -0.2) is 11.7 Å². The van der Waals surface area contributed by atoms with Crippen LogP contribution in [0.1, 0.15) is 17.5 Å². The van der Waals surface area contributed by atoms with E-state index in [4.69, 9.17) is 5.11 Å². The van der Waals surface area contributed by atoms with Crippen LogP contribution in [0.3, 0.4) is 0 Å². The molecule has 0 aliphatic heterocycles. The minimum Gasteiger partial charge on any atom is -0.396 e. The zero-order chi connectivity index (χ0) is 13.5. The van der Waals surface area contributed by atoms with Crippen LogP contribution in [0, 0.1) is 5.82 Å². The van der Waals surface area contributed by atoms with Gasteiger partial charge in [0.05, 0.1) is 0 Å². The molecule has 0 aromatic heterocycles. The van der Waals surface area contributed by atoms with E-state index in [0.717, 1.165) is 18.5 Å². The van der Waals surface area contributed by atoms with Gasteiger partial charge in [-0.05, 0) is 36.6 Å². The summed E-state index contributed by atoms with van der Waals surface area (Å²) in [4.78, 5) is 0. The summed E-state index contributed by atoms with van der Waals surface area (Å²) in [6, 6.07) is 14.8. The van der Waals surface area contributed by atoms with Crippen molar-refractivity contribution in [3.05, 3.63) is 65.5 Å². The van der Waals surface area contributed by atoms with Gasteiger partial charge in [0.25, 0.3) is 0 Å². The molecule has 2 N–H and O–H groups in total. The highest BCUT2D eigenvalue weighted by Crippen LogP contribution is 2.14. The number of hydrogen-bond acceptors (Lipinski definition) is 2. The van der Waals surface area contributed by atoms with Crippen LogP contribution in [-0.2, 0) is 13.0 Å². The maximum absolute atomic E-state index is 13.5. The first-order valence-electron chi connectivity index (χ1n) is 6.46. The highest BCUT2D eigenvalue weighted by molar-refractivity contribution is 5.46. The number of nitrogens with one attached hydrogen (secondary N) is 1. The lowest BCUT2D eigenvalue weighted by atomic mass is 10.1. The summed E-state index contributed by atoms with van der Waals surface area (Å²) in [5, 5.41) is 12.0. The summed E-state index contributed by atoms with van der Waals surface area (Å²) in [6.45, 7) is 0.670. The fourth-order valence-electron chi connectivity index (χ4n) is 1.96. The second-order valence-electron chi connectivity index (χ2n) is 4.47. The Kier molecular flexibility index (Phi) is 4.93. The molecular weight excluding hydrogens is 241 g/mol. The number of rotatable bonds is 6. The van der Waals surface area contributed by atoms with E-state index < -0.39 is 0 Å². The molecule has 0 fully saturated rings. The number of aliphatic hydroxyl groups excluding tert-OH is 1. The van der Waals surface area contributed by atoms with Gasteiger partial charge in [-0.1, -0.05) is 30.3 Å². The Morgan fingerprint density at radius 2 is 1.89 bits per heavy atom. The Hall–Kier alpha value is -1.87. The van der Waals surface area contributed by atoms with Crippen molar-refractivity contribution in [1.82, 2.24) is 0 Å². The summed E-state index contributed by atoms with van der Waals surface area (Å²) < 4.78 is 13.5. The molecule has 0 saturated heterocycles.